The number of hydrogen-bond acceptors (Lipinski definition) is 3. The molecule has 0 amide bonds. The lowest BCUT2D eigenvalue weighted by Crippen LogP contribution is -2.18. The maximum atomic E-state index is 11.3. The Kier molecular flexibility index (Phi) is 5.92. The number of benzene rings is 1. The van der Waals surface area contributed by atoms with Crippen LogP contribution in [0, 0.1) is 0 Å². The Morgan fingerprint density at radius 3 is 2.24 bits per heavy atom. The second-order valence-electron chi connectivity index (χ2n) is 3.67. The van der Waals surface area contributed by atoms with E-state index in [-0.39, 0.29) is 17.5 Å². The van der Waals surface area contributed by atoms with Gasteiger partial charge in [0, 0.05) is 11.4 Å². The molecule has 94 valence electrons. The summed E-state index contributed by atoms with van der Waals surface area (Å²) in [7, 11) is 0. The van der Waals surface area contributed by atoms with E-state index in [1.54, 1.807) is 24.3 Å². The van der Waals surface area contributed by atoms with Gasteiger partial charge in [0.15, 0.2) is 5.78 Å². The van der Waals surface area contributed by atoms with Crippen LogP contribution >= 0.6 is 23.2 Å². The molecule has 1 rings (SSSR count). The third kappa shape index (κ3) is 3.96. The number of aliphatic hydroxyl groups excluding tert-OH is 2. The first-order chi connectivity index (χ1) is 8.10. The number of aliphatic hydroxyl groups is 2. The van der Waals surface area contributed by atoms with Crippen molar-refractivity contribution in [1.82, 2.24) is 0 Å². The highest BCUT2D eigenvalue weighted by atomic mass is 35.5. The van der Waals surface area contributed by atoms with E-state index in [9.17, 15) is 15.0 Å². The highest BCUT2D eigenvalue weighted by Gasteiger charge is 2.17. The minimum absolute atomic E-state index is 0.0726. The Labute approximate surface area is 110 Å². The minimum atomic E-state index is -0.992. The molecule has 0 heterocycles. The molecule has 0 aromatic heterocycles. The van der Waals surface area contributed by atoms with Crippen molar-refractivity contribution in [3.8, 4) is 0 Å². The lowest BCUT2D eigenvalue weighted by atomic mass is 10.0. The van der Waals surface area contributed by atoms with Crippen molar-refractivity contribution in [3.63, 3.8) is 0 Å². The third-order valence-electron chi connectivity index (χ3n) is 2.46. The van der Waals surface area contributed by atoms with Crippen LogP contribution in [0.3, 0.4) is 0 Å². The van der Waals surface area contributed by atoms with Crippen LogP contribution in [0.1, 0.15) is 28.4 Å². The van der Waals surface area contributed by atoms with Crippen LogP contribution in [0.25, 0.3) is 0 Å². The number of Topliss-reactive ketones (excluding diaryl/α,β-unsaturated/α-hetero) is 1. The molecule has 0 fully saturated rings. The summed E-state index contributed by atoms with van der Waals surface area (Å²) in [4.78, 5) is 11.3. The molecular weight excluding hydrogens is 263 g/mol. The SMILES string of the molecule is O=C(CCl)c1ccc(C(O)C(O)CCCl)cc1. The van der Waals surface area contributed by atoms with Crippen molar-refractivity contribution >= 4 is 29.0 Å². The molecule has 0 aliphatic heterocycles. The van der Waals surface area contributed by atoms with Gasteiger partial charge in [0.25, 0.3) is 0 Å². The first-order valence-corrected chi connectivity index (χ1v) is 6.28. The van der Waals surface area contributed by atoms with E-state index in [0.29, 0.717) is 17.5 Å². The van der Waals surface area contributed by atoms with Gasteiger partial charge in [-0.1, -0.05) is 24.3 Å². The minimum Gasteiger partial charge on any atom is -0.390 e. The number of carbonyl (C=O) groups is 1. The number of hydrogen-bond donors (Lipinski definition) is 2. The van der Waals surface area contributed by atoms with Crippen LogP contribution in [0.15, 0.2) is 24.3 Å². The van der Waals surface area contributed by atoms with Crippen LogP contribution in [0.5, 0.6) is 0 Å². The Hall–Kier alpha value is -0.610. The number of ketones is 1. The van der Waals surface area contributed by atoms with Crippen LogP contribution < -0.4 is 0 Å². The first kappa shape index (κ1) is 14.5. The van der Waals surface area contributed by atoms with Crippen LogP contribution in [-0.2, 0) is 0 Å². The van der Waals surface area contributed by atoms with Crippen molar-refractivity contribution < 1.29 is 15.0 Å². The Bertz CT molecular complexity index is 365. The second-order valence-corrected chi connectivity index (χ2v) is 4.31. The molecular formula is C12H14Cl2O3. The zero-order valence-electron chi connectivity index (χ0n) is 9.14. The molecule has 17 heavy (non-hydrogen) atoms. The van der Waals surface area contributed by atoms with Gasteiger partial charge < -0.3 is 10.2 Å². The Balaban J connectivity index is 2.76. The maximum Gasteiger partial charge on any atom is 0.177 e. The van der Waals surface area contributed by atoms with Crippen LogP contribution in [-0.4, -0.2) is 33.9 Å². The standard InChI is InChI=1S/C12H14Cl2O3/c13-6-5-10(15)12(17)9-3-1-8(2-4-9)11(16)7-14/h1-4,10,12,15,17H,5-7H2. The predicted octanol–water partition coefficient (Wildman–Crippen LogP) is 2.13. The summed E-state index contributed by atoms with van der Waals surface area (Å²) < 4.78 is 0. The average Bonchev–Trinajstić information content (AvgIpc) is 2.37. The third-order valence-corrected chi connectivity index (χ3v) is 2.93. The zero-order valence-corrected chi connectivity index (χ0v) is 10.7. The first-order valence-electron chi connectivity index (χ1n) is 5.21. The van der Waals surface area contributed by atoms with Crippen molar-refractivity contribution in [2.45, 2.75) is 18.6 Å². The van der Waals surface area contributed by atoms with Gasteiger partial charge in [-0.05, 0) is 12.0 Å². The molecule has 0 spiro atoms. The lowest BCUT2D eigenvalue weighted by molar-refractivity contribution is 0.0170. The summed E-state index contributed by atoms with van der Waals surface area (Å²) in [6.45, 7) is 0. The monoisotopic (exact) mass is 276 g/mol. The van der Waals surface area contributed by atoms with Crippen LogP contribution in [0.4, 0.5) is 0 Å². The molecule has 2 unspecified atom stereocenters. The van der Waals surface area contributed by atoms with Gasteiger partial charge in [-0.15, -0.1) is 23.2 Å². The van der Waals surface area contributed by atoms with Gasteiger partial charge in [-0.2, -0.15) is 0 Å². The molecule has 1 aromatic rings. The quantitative estimate of drug-likeness (QED) is 0.618. The fourth-order valence-electron chi connectivity index (χ4n) is 1.44. The van der Waals surface area contributed by atoms with E-state index in [1.807, 2.05) is 0 Å². The van der Waals surface area contributed by atoms with Crippen molar-refractivity contribution in [2.24, 2.45) is 0 Å². The molecule has 1 aromatic carbocycles. The number of alkyl halides is 2. The fraction of sp³-hybridized carbons (Fsp3) is 0.417. The molecule has 0 aliphatic rings. The van der Waals surface area contributed by atoms with Gasteiger partial charge >= 0.3 is 0 Å². The maximum absolute atomic E-state index is 11.3. The molecule has 5 heteroatoms. The molecule has 0 saturated heterocycles. The number of halogens is 2. The second kappa shape index (κ2) is 6.97. The largest absolute Gasteiger partial charge is 0.390 e. The topological polar surface area (TPSA) is 57.5 Å². The zero-order chi connectivity index (χ0) is 12.8. The van der Waals surface area contributed by atoms with E-state index in [1.165, 1.54) is 0 Å². The molecule has 0 bridgehead atoms. The van der Waals surface area contributed by atoms with Crippen molar-refractivity contribution in [3.05, 3.63) is 35.4 Å². The summed E-state index contributed by atoms with van der Waals surface area (Å²) in [5.74, 6) is 0.0340. The fourth-order valence-corrected chi connectivity index (χ4v) is 1.81. The molecule has 3 nitrogen and oxygen atoms in total. The summed E-state index contributed by atoms with van der Waals surface area (Å²) in [5.41, 5.74) is 1.04. The summed E-state index contributed by atoms with van der Waals surface area (Å²) in [6, 6.07) is 6.36. The lowest BCUT2D eigenvalue weighted by Gasteiger charge is -2.17. The Morgan fingerprint density at radius 2 is 1.76 bits per heavy atom. The van der Waals surface area contributed by atoms with Gasteiger partial charge in [0.05, 0.1) is 12.0 Å². The van der Waals surface area contributed by atoms with Gasteiger partial charge in [-0.25, -0.2) is 0 Å². The van der Waals surface area contributed by atoms with E-state index in [0.717, 1.165) is 0 Å². The van der Waals surface area contributed by atoms with Crippen molar-refractivity contribution in [2.75, 3.05) is 11.8 Å². The smallest absolute Gasteiger partial charge is 0.177 e. The summed E-state index contributed by atoms with van der Waals surface area (Å²) >= 11 is 10.9. The molecule has 0 aliphatic carbocycles. The van der Waals surface area contributed by atoms with Crippen LogP contribution in [0.2, 0.25) is 0 Å². The van der Waals surface area contributed by atoms with E-state index in [2.05, 4.69) is 0 Å². The predicted molar refractivity (Wildman–Crippen MR) is 67.8 cm³/mol. The van der Waals surface area contributed by atoms with Gasteiger partial charge in [0.2, 0.25) is 0 Å². The van der Waals surface area contributed by atoms with Crippen molar-refractivity contribution in [1.29, 1.82) is 0 Å². The normalized spacial score (nSPS) is 14.4. The average molecular weight is 277 g/mol. The van der Waals surface area contributed by atoms with E-state index < -0.39 is 12.2 Å². The summed E-state index contributed by atoms with van der Waals surface area (Å²) in [5, 5.41) is 19.4. The number of carbonyl (C=O) groups excluding carboxylic acids is 1. The highest BCUT2D eigenvalue weighted by Crippen LogP contribution is 2.20. The molecule has 0 saturated carbocycles. The molecule has 2 N–H and O–H groups in total. The molecule has 2 atom stereocenters. The molecule has 0 radical (unpaired) electrons. The van der Waals surface area contributed by atoms with E-state index >= 15 is 0 Å². The highest BCUT2D eigenvalue weighted by molar-refractivity contribution is 6.30. The summed E-state index contributed by atoms with van der Waals surface area (Å²) in [6.07, 6.45) is -1.58. The van der Waals surface area contributed by atoms with E-state index in [4.69, 9.17) is 23.2 Å². The number of rotatable bonds is 6. The Morgan fingerprint density at radius 1 is 1.18 bits per heavy atom. The van der Waals surface area contributed by atoms with Gasteiger partial charge in [0.1, 0.15) is 6.10 Å². The van der Waals surface area contributed by atoms with Gasteiger partial charge in [-0.3, -0.25) is 4.79 Å².